The highest BCUT2D eigenvalue weighted by Crippen LogP contribution is 2.24. The van der Waals surface area contributed by atoms with E-state index in [1.165, 1.54) is 5.56 Å². The molecule has 2 N–H and O–H groups in total. The van der Waals surface area contributed by atoms with Gasteiger partial charge in [0.05, 0.1) is 19.3 Å². The minimum atomic E-state index is 0.132. The number of nitrogens with zero attached hydrogens (tertiary/aromatic N) is 2. The monoisotopic (exact) mass is 265 g/mol. The molecule has 2 heterocycles. The Morgan fingerprint density at radius 1 is 1.44 bits per heavy atom. The summed E-state index contributed by atoms with van der Waals surface area (Å²) in [4.78, 5) is 8.48. The summed E-state index contributed by atoms with van der Waals surface area (Å²) in [6, 6.07) is 2.15. The van der Waals surface area contributed by atoms with Gasteiger partial charge in [-0.15, -0.1) is 0 Å². The summed E-state index contributed by atoms with van der Waals surface area (Å²) < 4.78 is 5.90. The summed E-state index contributed by atoms with van der Waals surface area (Å²) in [6.07, 6.45) is 5.97. The van der Waals surface area contributed by atoms with Crippen molar-refractivity contribution in [3.05, 3.63) is 29.6 Å². The van der Waals surface area contributed by atoms with Crippen LogP contribution in [-0.2, 0) is 4.74 Å². The average Bonchev–Trinajstić information content (AvgIpc) is 2.37. The Labute approximate surface area is 112 Å². The number of pyridine rings is 1. The third-order valence-electron chi connectivity index (χ3n) is 2.81. The van der Waals surface area contributed by atoms with Gasteiger partial charge in [0.2, 0.25) is 0 Å². The summed E-state index contributed by atoms with van der Waals surface area (Å²) in [5.74, 6) is 0.994. The van der Waals surface area contributed by atoms with Gasteiger partial charge in [-0.2, -0.15) is 0 Å². The predicted molar refractivity (Wildman–Crippen MR) is 75.8 cm³/mol. The van der Waals surface area contributed by atoms with Crippen molar-refractivity contribution in [3.63, 3.8) is 0 Å². The normalized spacial score (nSPS) is 22.3. The van der Waals surface area contributed by atoms with Crippen molar-refractivity contribution in [3.8, 4) is 0 Å². The lowest BCUT2D eigenvalue weighted by Crippen LogP contribution is -2.14. The zero-order valence-electron chi connectivity index (χ0n) is 10.6. The molecular formula is C13H19N3OS. The summed E-state index contributed by atoms with van der Waals surface area (Å²) in [7, 11) is 0. The minimum Gasteiger partial charge on any atom is -0.379 e. The van der Waals surface area contributed by atoms with E-state index in [-0.39, 0.29) is 6.10 Å². The van der Waals surface area contributed by atoms with E-state index in [4.69, 9.17) is 10.5 Å². The quantitative estimate of drug-likeness (QED) is 0.846. The molecule has 0 saturated heterocycles. The van der Waals surface area contributed by atoms with E-state index < -0.39 is 0 Å². The van der Waals surface area contributed by atoms with Crippen LogP contribution in [0.2, 0.25) is 0 Å². The van der Waals surface area contributed by atoms with E-state index in [1.807, 2.05) is 12.4 Å². The van der Waals surface area contributed by atoms with Crippen LogP contribution in [0.5, 0.6) is 0 Å². The topological polar surface area (TPSA) is 60.5 Å². The molecule has 1 atom stereocenters. The number of amidine groups is 1. The van der Waals surface area contributed by atoms with Gasteiger partial charge in [-0.3, -0.25) is 9.98 Å². The van der Waals surface area contributed by atoms with Crippen molar-refractivity contribution in [1.29, 1.82) is 0 Å². The zero-order chi connectivity index (χ0) is 12.8. The molecule has 1 aromatic rings. The van der Waals surface area contributed by atoms with Gasteiger partial charge in [-0.25, -0.2) is 0 Å². The molecule has 1 aliphatic rings. The molecule has 0 aromatic carbocycles. The van der Waals surface area contributed by atoms with Crippen LogP contribution >= 0.6 is 11.8 Å². The minimum absolute atomic E-state index is 0.132. The fourth-order valence-electron chi connectivity index (χ4n) is 1.94. The number of thioether (sulfide) groups is 1. The average molecular weight is 265 g/mol. The summed E-state index contributed by atoms with van der Waals surface area (Å²) in [6.45, 7) is 3.30. The molecule has 2 rings (SSSR count). The number of rotatable bonds is 1. The van der Waals surface area contributed by atoms with Crippen LogP contribution in [0.1, 0.15) is 30.1 Å². The van der Waals surface area contributed by atoms with E-state index >= 15 is 0 Å². The van der Waals surface area contributed by atoms with Crippen LogP contribution in [0.25, 0.3) is 0 Å². The van der Waals surface area contributed by atoms with Crippen LogP contribution in [0.15, 0.2) is 23.5 Å². The second-order valence-electron chi connectivity index (χ2n) is 4.37. The third-order valence-corrected chi connectivity index (χ3v) is 3.72. The van der Waals surface area contributed by atoms with Gasteiger partial charge in [0.15, 0.2) is 5.17 Å². The lowest BCUT2D eigenvalue weighted by molar-refractivity contribution is 0.0516. The first-order chi connectivity index (χ1) is 8.75. The molecule has 5 heteroatoms. The Morgan fingerprint density at radius 3 is 3.17 bits per heavy atom. The lowest BCUT2D eigenvalue weighted by atomic mass is 10.1. The first-order valence-electron chi connectivity index (χ1n) is 6.21. The zero-order valence-corrected chi connectivity index (χ0v) is 11.4. The smallest absolute Gasteiger partial charge is 0.153 e. The highest BCUT2D eigenvalue weighted by Gasteiger charge is 2.13. The second kappa shape index (κ2) is 6.75. The van der Waals surface area contributed by atoms with E-state index in [0.717, 1.165) is 24.2 Å². The Kier molecular flexibility index (Phi) is 5.01. The number of nitrogens with two attached hydrogens (primary N) is 1. The van der Waals surface area contributed by atoms with Crippen molar-refractivity contribution in [1.82, 2.24) is 4.98 Å². The first kappa shape index (κ1) is 13.4. The fraction of sp³-hybridized carbons (Fsp3) is 0.538. The van der Waals surface area contributed by atoms with Gasteiger partial charge < -0.3 is 10.5 Å². The molecule has 0 bridgehead atoms. The first-order valence-corrected chi connectivity index (χ1v) is 7.20. The molecular weight excluding hydrogens is 246 g/mol. The molecule has 0 radical (unpaired) electrons. The van der Waals surface area contributed by atoms with E-state index in [9.17, 15) is 0 Å². The van der Waals surface area contributed by atoms with Gasteiger partial charge in [-0.1, -0.05) is 17.8 Å². The molecule has 1 unspecified atom stereocenters. The molecule has 0 fully saturated rings. The van der Waals surface area contributed by atoms with Crippen LogP contribution in [0.3, 0.4) is 0 Å². The molecule has 0 saturated carbocycles. The largest absolute Gasteiger partial charge is 0.379 e. The maximum Gasteiger partial charge on any atom is 0.153 e. The molecule has 4 nitrogen and oxygen atoms in total. The second-order valence-corrected chi connectivity index (χ2v) is 5.48. The number of aryl methyl sites for hydroxylation is 1. The highest BCUT2D eigenvalue weighted by molar-refractivity contribution is 8.13. The third kappa shape index (κ3) is 3.99. The highest BCUT2D eigenvalue weighted by atomic mass is 32.2. The van der Waals surface area contributed by atoms with E-state index in [2.05, 4.69) is 23.0 Å². The summed E-state index contributed by atoms with van der Waals surface area (Å²) in [5.41, 5.74) is 8.07. The van der Waals surface area contributed by atoms with Crippen LogP contribution in [-0.4, -0.2) is 29.1 Å². The van der Waals surface area contributed by atoms with Crippen molar-refractivity contribution in [2.24, 2.45) is 10.7 Å². The Morgan fingerprint density at radius 2 is 2.33 bits per heavy atom. The number of hydrogen-bond donors (Lipinski definition) is 1. The predicted octanol–water partition coefficient (Wildman–Crippen LogP) is 2.29. The van der Waals surface area contributed by atoms with Gasteiger partial charge in [0, 0.05) is 18.1 Å². The van der Waals surface area contributed by atoms with Gasteiger partial charge >= 0.3 is 0 Å². The molecule has 98 valence electrons. The standard InChI is InChI=1S/C13H19N3OS/c1-10-7-11(9-15-8-10)12-3-2-6-18-13(14)16-4-5-17-12/h7-9,12H,2-6H2,1H3,(H2,14,16). The van der Waals surface area contributed by atoms with Crippen LogP contribution in [0.4, 0.5) is 0 Å². The van der Waals surface area contributed by atoms with Crippen molar-refractivity contribution in [2.45, 2.75) is 25.9 Å². The molecule has 0 amide bonds. The SMILES string of the molecule is Cc1cncc(C2CCCSC(N)=NCCO2)c1. The lowest BCUT2D eigenvalue weighted by Gasteiger charge is -2.19. The molecule has 0 spiro atoms. The number of aliphatic imine (C=N–C) groups is 1. The maximum absolute atomic E-state index is 5.90. The fourth-order valence-corrected chi connectivity index (χ4v) is 2.65. The molecule has 0 aliphatic carbocycles. The summed E-state index contributed by atoms with van der Waals surface area (Å²) >= 11 is 1.63. The number of aromatic nitrogens is 1. The Balaban J connectivity index is 2.03. The van der Waals surface area contributed by atoms with Gasteiger partial charge in [-0.05, 0) is 30.9 Å². The van der Waals surface area contributed by atoms with Crippen molar-refractivity contribution < 1.29 is 4.74 Å². The molecule has 1 aliphatic heterocycles. The molecule has 1 aromatic heterocycles. The Bertz CT molecular complexity index is 422. The summed E-state index contributed by atoms with van der Waals surface area (Å²) in [5, 5.41) is 0.675. The van der Waals surface area contributed by atoms with E-state index in [0.29, 0.717) is 18.3 Å². The van der Waals surface area contributed by atoms with E-state index in [1.54, 1.807) is 11.8 Å². The van der Waals surface area contributed by atoms with Gasteiger partial charge in [0.25, 0.3) is 0 Å². The van der Waals surface area contributed by atoms with Crippen molar-refractivity contribution >= 4 is 16.9 Å². The van der Waals surface area contributed by atoms with Crippen LogP contribution in [0, 0.1) is 6.92 Å². The van der Waals surface area contributed by atoms with Gasteiger partial charge in [0.1, 0.15) is 0 Å². The van der Waals surface area contributed by atoms with Crippen LogP contribution < -0.4 is 5.73 Å². The Hall–Kier alpha value is -1.07. The number of hydrogen-bond acceptors (Lipinski definition) is 5. The number of ether oxygens (including phenoxy) is 1. The van der Waals surface area contributed by atoms with Crippen molar-refractivity contribution in [2.75, 3.05) is 18.9 Å². The molecule has 18 heavy (non-hydrogen) atoms. The maximum atomic E-state index is 5.90.